The van der Waals surface area contributed by atoms with E-state index in [0.29, 0.717) is 4.57 Å². The molecule has 2 aliphatic rings. The molecule has 0 radical (unpaired) electrons. The Balaban J connectivity index is 1.97. The fraction of sp³-hybridized carbons (Fsp3) is 0.692. The molecule has 0 saturated carbocycles. The molecule has 13 heteroatoms. The molecule has 2 aliphatic heterocycles. The van der Waals surface area contributed by atoms with Gasteiger partial charge >= 0.3 is 13.5 Å². The molecule has 3 rings (SSSR count). The molecule has 0 aromatic carbocycles. The number of halogens is 3. The van der Waals surface area contributed by atoms with Gasteiger partial charge in [-0.15, -0.1) is 0 Å². The first-order valence-corrected chi connectivity index (χ1v) is 9.10. The third-order valence-corrected chi connectivity index (χ3v) is 5.52. The van der Waals surface area contributed by atoms with E-state index in [2.05, 4.69) is 4.98 Å². The van der Waals surface area contributed by atoms with Crippen LogP contribution in [0.1, 0.15) is 20.1 Å². The van der Waals surface area contributed by atoms with Gasteiger partial charge < -0.3 is 10.5 Å². The minimum atomic E-state index is -4.27. The summed E-state index contributed by atoms with van der Waals surface area (Å²) >= 11 is 0. The third-order valence-electron chi connectivity index (χ3n) is 3.91. The van der Waals surface area contributed by atoms with Crippen LogP contribution < -0.4 is 11.4 Å². The topological polar surface area (TPSA) is 115 Å². The van der Waals surface area contributed by atoms with Crippen LogP contribution >= 0.6 is 7.82 Å². The molecule has 2 saturated heterocycles. The van der Waals surface area contributed by atoms with E-state index in [1.165, 1.54) is 19.9 Å². The van der Waals surface area contributed by atoms with Crippen LogP contribution in [-0.4, -0.2) is 46.6 Å². The number of anilines is 1. The Hall–Kier alpha value is -1.46. The lowest BCUT2D eigenvalue weighted by Crippen LogP contribution is -2.55. The quantitative estimate of drug-likeness (QED) is 0.760. The number of nitrogens with two attached hydrogens (primary N) is 1. The smallest absolute Gasteiger partial charge is 0.383 e. The molecule has 1 unspecified atom stereocenters. The first-order chi connectivity index (χ1) is 12.1. The second-order valence-electron chi connectivity index (χ2n) is 6.15. The van der Waals surface area contributed by atoms with Crippen molar-refractivity contribution in [3.63, 3.8) is 0 Å². The van der Waals surface area contributed by atoms with Gasteiger partial charge in [0.05, 0.1) is 12.7 Å². The zero-order chi connectivity index (χ0) is 19.3. The van der Waals surface area contributed by atoms with Crippen molar-refractivity contribution in [1.82, 2.24) is 9.55 Å². The minimum Gasteiger partial charge on any atom is -0.383 e. The van der Waals surface area contributed by atoms with Gasteiger partial charge in [0.2, 0.25) is 0 Å². The molecule has 146 valence electrons. The van der Waals surface area contributed by atoms with Crippen LogP contribution in [0.4, 0.5) is 19.0 Å². The summed E-state index contributed by atoms with van der Waals surface area (Å²) < 4.78 is 75.4. The van der Waals surface area contributed by atoms with Crippen molar-refractivity contribution >= 4 is 13.6 Å². The van der Waals surface area contributed by atoms with Gasteiger partial charge in [-0.2, -0.15) is 4.98 Å². The highest BCUT2D eigenvalue weighted by Gasteiger charge is 2.68. The van der Waals surface area contributed by atoms with Crippen LogP contribution in [0.25, 0.3) is 0 Å². The van der Waals surface area contributed by atoms with Crippen LogP contribution in [0, 0.1) is 0 Å². The molecule has 5 atom stereocenters. The summed E-state index contributed by atoms with van der Waals surface area (Å²) in [6.07, 6.45) is -8.84. The van der Waals surface area contributed by atoms with Gasteiger partial charge in [-0.3, -0.25) is 18.1 Å². The van der Waals surface area contributed by atoms with Gasteiger partial charge in [0.25, 0.3) is 6.43 Å². The maximum Gasteiger partial charge on any atom is 0.475 e. The number of nitrogens with zero attached hydrogens (tertiary/aromatic N) is 2. The number of rotatable bonds is 4. The number of phosphoric ester groups is 1. The number of hydrogen-bond acceptors (Lipinski definition) is 8. The van der Waals surface area contributed by atoms with Crippen molar-refractivity contribution in [2.24, 2.45) is 0 Å². The SMILES string of the molecule is CC(C)OP1(=O)OC[C@@]2(C(F)F)O[C@@H](n3ccc(N)nc3=O)[C@H](F)[C@@H]2O1. The molecule has 26 heavy (non-hydrogen) atoms. The monoisotopic (exact) mass is 399 g/mol. The Morgan fingerprint density at radius 2 is 2.19 bits per heavy atom. The van der Waals surface area contributed by atoms with Crippen molar-refractivity contribution in [3.8, 4) is 0 Å². The molecular weight excluding hydrogens is 382 g/mol. The lowest BCUT2D eigenvalue weighted by molar-refractivity contribution is -0.208. The van der Waals surface area contributed by atoms with Gasteiger partial charge in [-0.05, 0) is 19.9 Å². The fourth-order valence-corrected chi connectivity index (χ4v) is 4.39. The van der Waals surface area contributed by atoms with E-state index < -0.39 is 56.8 Å². The van der Waals surface area contributed by atoms with Gasteiger partial charge in [-0.1, -0.05) is 0 Å². The van der Waals surface area contributed by atoms with Gasteiger partial charge in [0.1, 0.15) is 11.9 Å². The Morgan fingerprint density at radius 3 is 2.77 bits per heavy atom. The molecule has 1 aromatic heterocycles. The van der Waals surface area contributed by atoms with Crippen molar-refractivity contribution in [2.45, 2.75) is 50.5 Å². The lowest BCUT2D eigenvalue weighted by Gasteiger charge is -2.39. The largest absolute Gasteiger partial charge is 0.475 e. The molecule has 0 bridgehead atoms. The summed E-state index contributed by atoms with van der Waals surface area (Å²) in [5.41, 5.74) is 1.80. The highest BCUT2D eigenvalue weighted by atomic mass is 31.2. The molecule has 1 aromatic rings. The summed E-state index contributed by atoms with van der Waals surface area (Å²) in [7, 11) is -4.27. The number of ether oxygens (including phenoxy) is 1. The average Bonchev–Trinajstić information content (AvgIpc) is 2.80. The van der Waals surface area contributed by atoms with Crippen molar-refractivity contribution in [2.75, 3.05) is 12.3 Å². The summed E-state index contributed by atoms with van der Waals surface area (Å²) in [5, 5.41) is 0. The van der Waals surface area contributed by atoms with E-state index in [-0.39, 0.29) is 5.82 Å². The lowest BCUT2D eigenvalue weighted by atomic mass is 9.97. The van der Waals surface area contributed by atoms with Crippen molar-refractivity contribution in [1.29, 1.82) is 0 Å². The Kier molecular flexibility index (Phi) is 4.91. The first kappa shape index (κ1) is 19.3. The van der Waals surface area contributed by atoms with Crippen molar-refractivity contribution in [3.05, 3.63) is 22.7 Å². The summed E-state index contributed by atoms with van der Waals surface area (Å²) in [5.74, 6) is -0.130. The van der Waals surface area contributed by atoms with Crippen LogP contribution in [0.3, 0.4) is 0 Å². The third kappa shape index (κ3) is 3.16. The van der Waals surface area contributed by atoms with Crippen LogP contribution in [-0.2, 0) is 22.9 Å². The van der Waals surface area contributed by atoms with Crippen LogP contribution in [0.5, 0.6) is 0 Å². The van der Waals surface area contributed by atoms with E-state index in [9.17, 15) is 22.5 Å². The number of alkyl halides is 3. The standard InChI is InChI=1S/C13H17F3N3O6P/c1-6(2)24-26(21)22-5-13(11(15)16)9(25-26)8(14)10(23-13)19-4-3-7(17)18-12(19)20/h3-4,6,8-11H,5H2,1-2H3,(H2,17,18,20)/t8-,9+,10-,13-,26?/m1/s1. The summed E-state index contributed by atoms with van der Waals surface area (Å²) in [4.78, 5) is 15.3. The first-order valence-electron chi connectivity index (χ1n) is 7.64. The normalized spacial score (nSPS) is 37.3. The molecule has 2 N–H and O–H groups in total. The summed E-state index contributed by atoms with van der Waals surface area (Å²) in [6.45, 7) is 2.09. The zero-order valence-corrected chi connectivity index (χ0v) is 14.6. The van der Waals surface area contributed by atoms with Gasteiger partial charge in [0, 0.05) is 6.20 Å². The number of aromatic nitrogens is 2. The zero-order valence-electron chi connectivity index (χ0n) is 13.8. The molecule has 3 heterocycles. The molecule has 0 amide bonds. The number of hydrogen-bond donors (Lipinski definition) is 1. The number of phosphoric acid groups is 1. The van der Waals surface area contributed by atoms with E-state index in [0.717, 1.165) is 6.20 Å². The number of fused-ring (bicyclic) bond motifs is 1. The Morgan fingerprint density at radius 1 is 1.50 bits per heavy atom. The summed E-state index contributed by atoms with van der Waals surface area (Å²) in [6, 6.07) is 1.18. The van der Waals surface area contributed by atoms with Crippen LogP contribution in [0.15, 0.2) is 17.1 Å². The van der Waals surface area contributed by atoms with Crippen molar-refractivity contribution < 1.29 is 36.0 Å². The Bertz CT molecular complexity index is 793. The highest BCUT2D eigenvalue weighted by molar-refractivity contribution is 7.48. The Labute approximate surface area is 145 Å². The fourth-order valence-electron chi connectivity index (χ4n) is 2.77. The maximum atomic E-state index is 14.9. The van der Waals surface area contributed by atoms with E-state index in [4.69, 9.17) is 24.0 Å². The molecule has 2 fully saturated rings. The van der Waals surface area contributed by atoms with E-state index in [1.54, 1.807) is 0 Å². The van der Waals surface area contributed by atoms with E-state index >= 15 is 0 Å². The van der Waals surface area contributed by atoms with Crippen LogP contribution in [0.2, 0.25) is 0 Å². The van der Waals surface area contributed by atoms with E-state index in [1.807, 2.05) is 0 Å². The average molecular weight is 399 g/mol. The van der Waals surface area contributed by atoms with Gasteiger partial charge in [0.15, 0.2) is 18.0 Å². The predicted molar refractivity (Wildman–Crippen MR) is 81.3 cm³/mol. The molecule has 9 nitrogen and oxygen atoms in total. The minimum absolute atomic E-state index is 0.130. The second-order valence-corrected chi connectivity index (χ2v) is 7.73. The predicted octanol–water partition coefficient (Wildman–Crippen LogP) is 1.64. The highest BCUT2D eigenvalue weighted by Crippen LogP contribution is 2.61. The number of nitrogen functional groups attached to an aromatic ring is 1. The molecular formula is C13H17F3N3O6P. The second kappa shape index (κ2) is 6.61. The molecule has 0 aliphatic carbocycles. The van der Waals surface area contributed by atoms with Gasteiger partial charge in [-0.25, -0.2) is 22.5 Å². The molecule has 0 spiro atoms. The maximum absolute atomic E-state index is 14.9.